The van der Waals surface area contributed by atoms with E-state index >= 15 is 0 Å². The quantitative estimate of drug-likeness (QED) is 0.784. The Hall–Kier alpha value is -1.16. The van der Waals surface area contributed by atoms with Crippen molar-refractivity contribution in [2.24, 2.45) is 7.05 Å². The number of rotatable bonds is 3. The molecule has 0 atom stereocenters. The molecule has 1 aliphatic carbocycles. The summed E-state index contributed by atoms with van der Waals surface area (Å²) in [6.07, 6.45) is 11.7. The standard InChI is InChI=1S/C15H23N3O/c1-17-12-9-16-14(17)13(19)15(7-3-4-8-15)18-10-5-2-6-11-18/h9,12H,2-8,10-11H2,1H3. The Morgan fingerprint density at radius 3 is 2.42 bits per heavy atom. The molecule has 19 heavy (non-hydrogen) atoms. The van der Waals surface area contributed by atoms with Crippen molar-refractivity contribution in [1.82, 2.24) is 14.5 Å². The number of Topliss-reactive ketones (excluding diaryl/α,β-unsaturated/α-hetero) is 1. The van der Waals surface area contributed by atoms with Crippen LogP contribution < -0.4 is 0 Å². The van der Waals surface area contributed by atoms with Crippen molar-refractivity contribution in [2.45, 2.75) is 50.5 Å². The Morgan fingerprint density at radius 1 is 1.16 bits per heavy atom. The van der Waals surface area contributed by atoms with Crippen LogP contribution in [0.25, 0.3) is 0 Å². The summed E-state index contributed by atoms with van der Waals surface area (Å²) in [6, 6.07) is 0. The van der Waals surface area contributed by atoms with Gasteiger partial charge in [-0.25, -0.2) is 4.98 Å². The highest BCUT2D eigenvalue weighted by atomic mass is 16.1. The molecular formula is C15H23N3O. The van der Waals surface area contributed by atoms with Crippen LogP contribution in [0, 0.1) is 0 Å². The topological polar surface area (TPSA) is 38.1 Å². The normalized spacial score (nSPS) is 23.6. The van der Waals surface area contributed by atoms with Gasteiger partial charge < -0.3 is 4.57 Å². The zero-order valence-corrected chi connectivity index (χ0v) is 11.8. The maximum absolute atomic E-state index is 13.0. The van der Waals surface area contributed by atoms with Gasteiger partial charge in [0, 0.05) is 19.4 Å². The third-order valence-electron chi connectivity index (χ3n) is 4.84. The van der Waals surface area contributed by atoms with Gasteiger partial charge in [-0.15, -0.1) is 0 Å². The van der Waals surface area contributed by atoms with Gasteiger partial charge in [0.05, 0.1) is 5.54 Å². The number of ketones is 1. The number of likely N-dealkylation sites (tertiary alicyclic amines) is 1. The molecule has 1 saturated carbocycles. The summed E-state index contributed by atoms with van der Waals surface area (Å²) >= 11 is 0. The molecule has 0 spiro atoms. The van der Waals surface area contributed by atoms with Gasteiger partial charge in [0.1, 0.15) is 0 Å². The Bertz CT molecular complexity index is 454. The molecule has 0 bridgehead atoms. The number of aryl methyl sites for hydroxylation is 1. The summed E-state index contributed by atoms with van der Waals surface area (Å²) in [7, 11) is 1.92. The van der Waals surface area contributed by atoms with E-state index < -0.39 is 0 Å². The van der Waals surface area contributed by atoms with Crippen molar-refractivity contribution in [3.63, 3.8) is 0 Å². The first-order chi connectivity index (χ1) is 9.24. The minimum atomic E-state index is -0.250. The second-order valence-electron chi connectivity index (χ2n) is 5.98. The highest BCUT2D eigenvalue weighted by Crippen LogP contribution is 2.39. The van der Waals surface area contributed by atoms with Gasteiger partial charge in [-0.3, -0.25) is 9.69 Å². The molecule has 0 N–H and O–H groups in total. The van der Waals surface area contributed by atoms with Crippen LogP contribution in [0.15, 0.2) is 12.4 Å². The molecule has 1 saturated heterocycles. The predicted molar refractivity (Wildman–Crippen MR) is 74.2 cm³/mol. The zero-order valence-electron chi connectivity index (χ0n) is 11.8. The van der Waals surface area contributed by atoms with Gasteiger partial charge in [0.2, 0.25) is 5.78 Å². The van der Waals surface area contributed by atoms with Crippen LogP contribution in [0.4, 0.5) is 0 Å². The monoisotopic (exact) mass is 261 g/mol. The van der Waals surface area contributed by atoms with Crippen LogP contribution in [0.2, 0.25) is 0 Å². The van der Waals surface area contributed by atoms with Gasteiger partial charge >= 0.3 is 0 Å². The number of hydrogen-bond donors (Lipinski definition) is 0. The maximum Gasteiger partial charge on any atom is 0.218 e. The lowest BCUT2D eigenvalue weighted by atomic mass is 9.87. The van der Waals surface area contributed by atoms with Crippen LogP contribution in [0.5, 0.6) is 0 Å². The molecular weight excluding hydrogens is 238 g/mol. The summed E-state index contributed by atoms with van der Waals surface area (Å²) in [5.41, 5.74) is -0.250. The van der Waals surface area contributed by atoms with Crippen LogP contribution in [0.3, 0.4) is 0 Å². The molecule has 4 nitrogen and oxygen atoms in total. The summed E-state index contributed by atoms with van der Waals surface area (Å²) in [5, 5.41) is 0. The van der Waals surface area contributed by atoms with E-state index in [2.05, 4.69) is 9.88 Å². The fraction of sp³-hybridized carbons (Fsp3) is 0.733. The largest absolute Gasteiger partial charge is 0.332 e. The van der Waals surface area contributed by atoms with Crippen molar-refractivity contribution in [3.05, 3.63) is 18.2 Å². The fourth-order valence-electron chi connectivity index (χ4n) is 3.76. The van der Waals surface area contributed by atoms with Crippen molar-refractivity contribution >= 4 is 5.78 Å². The van der Waals surface area contributed by atoms with Gasteiger partial charge in [0.25, 0.3) is 0 Å². The Morgan fingerprint density at radius 2 is 1.84 bits per heavy atom. The van der Waals surface area contributed by atoms with Gasteiger partial charge in [-0.1, -0.05) is 19.3 Å². The summed E-state index contributed by atoms with van der Waals surface area (Å²) in [6.45, 7) is 2.16. The van der Waals surface area contributed by atoms with E-state index in [-0.39, 0.29) is 11.3 Å². The van der Waals surface area contributed by atoms with Crippen LogP contribution in [-0.2, 0) is 7.05 Å². The van der Waals surface area contributed by atoms with Crippen molar-refractivity contribution < 1.29 is 4.79 Å². The average molecular weight is 261 g/mol. The van der Waals surface area contributed by atoms with Crippen molar-refractivity contribution in [1.29, 1.82) is 0 Å². The molecule has 3 rings (SSSR count). The molecule has 0 aromatic carbocycles. The summed E-state index contributed by atoms with van der Waals surface area (Å²) < 4.78 is 1.87. The first-order valence-corrected chi connectivity index (χ1v) is 7.51. The molecule has 1 aliphatic heterocycles. The van der Waals surface area contributed by atoms with E-state index in [1.165, 1.54) is 32.1 Å². The molecule has 104 valence electrons. The second kappa shape index (κ2) is 5.08. The predicted octanol–water partition coefficient (Wildman–Crippen LogP) is 2.40. The number of aromatic nitrogens is 2. The molecule has 2 heterocycles. The highest BCUT2D eigenvalue weighted by molar-refractivity contribution is 6.00. The highest BCUT2D eigenvalue weighted by Gasteiger charge is 2.47. The second-order valence-corrected chi connectivity index (χ2v) is 5.98. The number of hydrogen-bond acceptors (Lipinski definition) is 3. The molecule has 4 heteroatoms. The number of piperidine rings is 1. The van der Waals surface area contributed by atoms with Gasteiger partial charge in [-0.05, 0) is 38.8 Å². The minimum Gasteiger partial charge on any atom is -0.332 e. The van der Waals surface area contributed by atoms with Crippen molar-refractivity contribution in [2.75, 3.05) is 13.1 Å². The molecule has 0 radical (unpaired) electrons. The molecule has 1 aromatic rings. The Kier molecular flexibility index (Phi) is 3.44. The van der Waals surface area contributed by atoms with Crippen LogP contribution >= 0.6 is 0 Å². The van der Waals surface area contributed by atoms with E-state index in [1.54, 1.807) is 6.20 Å². The first-order valence-electron chi connectivity index (χ1n) is 7.51. The van der Waals surface area contributed by atoms with E-state index in [1.807, 2.05) is 17.8 Å². The third-order valence-corrected chi connectivity index (χ3v) is 4.84. The molecule has 2 aliphatic rings. The molecule has 0 amide bonds. The van der Waals surface area contributed by atoms with E-state index in [0.717, 1.165) is 25.9 Å². The van der Waals surface area contributed by atoms with Gasteiger partial charge in [-0.2, -0.15) is 0 Å². The Balaban J connectivity index is 1.91. The fourth-order valence-corrected chi connectivity index (χ4v) is 3.76. The molecule has 2 fully saturated rings. The smallest absolute Gasteiger partial charge is 0.218 e. The van der Waals surface area contributed by atoms with E-state index in [4.69, 9.17) is 0 Å². The molecule has 1 aromatic heterocycles. The summed E-state index contributed by atoms with van der Waals surface area (Å²) in [5.74, 6) is 0.881. The van der Waals surface area contributed by atoms with E-state index in [9.17, 15) is 4.79 Å². The zero-order chi connectivity index (χ0) is 13.3. The van der Waals surface area contributed by atoms with Crippen LogP contribution in [-0.4, -0.2) is 38.9 Å². The number of imidazole rings is 1. The summed E-state index contributed by atoms with van der Waals surface area (Å²) in [4.78, 5) is 19.8. The SMILES string of the molecule is Cn1ccnc1C(=O)C1(N2CCCCC2)CCCC1. The third kappa shape index (κ3) is 2.12. The molecule has 0 unspecified atom stereocenters. The van der Waals surface area contributed by atoms with Crippen LogP contribution in [0.1, 0.15) is 55.6 Å². The average Bonchev–Trinajstić information content (AvgIpc) is 3.08. The Labute approximate surface area is 114 Å². The number of carbonyl (C=O) groups excluding carboxylic acids is 1. The van der Waals surface area contributed by atoms with Crippen molar-refractivity contribution in [3.8, 4) is 0 Å². The minimum absolute atomic E-state index is 0.249. The lowest BCUT2D eigenvalue weighted by Crippen LogP contribution is -2.55. The maximum atomic E-state index is 13.0. The number of nitrogens with zero attached hydrogens (tertiary/aromatic N) is 3. The number of carbonyl (C=O) groups is 1. The first kappa shape index (κ1) is 12.9. The lowest BCUT2D eigenvalue weighted by molar-refractivity contribution is 0.0464. The van der Waals surface area contributed by atoms with E-state index in [0.29, 0.717) is 5.82 Å². The van der Waals surface area contributed by atoms with Gasteiger partial charge in [0.15, 0.2) is 5.82 Å². The lowest BCUT2D eigenvalue weighted by Gasteiger charge is -2.42.